The number of nitrogens with zero attached hydrogens (tertiary/aromatic N) is 2. The van der Waals surface area contributed by atoms with Gasteiger partial charge in [-0.05, 0) is 57.4 Å². The van der Waals surface area contributed by atoms with E-state index < -0.39 is 15.1 Å². The zero-order chi connectivity index (χ0) is 21.7. The average Bonchev–Trinajstić information content (AvgIpc) is 2.74. The smallest absolute Gasteiger partial charge is 0.254 e. The maximum atomic E-state index is 13.0. The number of methoxy groups -OCH3 is 1. The Balaban J connectivity index is 1.56. The zero-order valence-electron chi connectivity index (χ0n) is 17.4. The van der Waals surface area contributed by atoms with Crippen LogP contribution in [-0.2, 0) is 14.6 Å². The van der Waals surface area contributed by atoms with Crippen LogP contribution in [-0.4, -0.2) is 55.9 Å². The fourth-order valence-corrected chi connectivity index (χ4v) is 5.31. The topological polar surface area (TPSA) is 107 Å². The van der Waals surface area contributed by atoms with Gasteiger partial charge in [-0.25, -0.2) is 18.4 Å². The molecule has 0 radical (unpaired) electrons. The van der Waals surface area contributed by atoms with Crippen molar-refractivity contribution < 1.29 is 22.7 Å². The van der Waals surface area contributed by atoms with Crippen molar-refractivity contribution in [1.82, 2.24) is 15.3 Å². The van der Waals surface area contributed by atoms with E-state index in [9.17, 15) is 13.2 Å². The van der Waals surface area contributed by atoms with Crippen LogP contribution in [0.15, 0.2) is 35.4 Å². The molecule has 0 unspecified atom stereocenters. The maximum Gasteiger partial charge on any atom is 0.254 e. The molecule has 0 spiro atoms. The summed E-state index contributed by atoms with van der Waals surface area (Å²) in [7, 11) is -1.91. The minimum absolute atomic E-state index is 0.229. The monoisotopic (exact) mass is 433 g/mol. The largest absolute Gasteiger partial charge is 0.497 e. The van der Waals surface area contributed by atoms with E-state index in [0.29, 0.717) is 55.2 Å². The van der Waals surface area contributed by atoms with Gasteiger partial charge in [-0.3, -0.25) is 4.79 Å². The molecular weight excluding hydrogens is 406 g/mol. The number of ether oxygens (including phenoxy) is 2. The molecule has 3 rings (SSSR count). The van der Waals surface area contributed by atoms with Crippen LogP contribution in [0.5, 0.6) is 5.75 Å². The molecule has 30 heavy (non-hydrogen) atoms. The molecular formula is C21H27N3O5S. The highest BCUT2D eigenvalue weighted by Gasteiger charge is 2.33. The first-order valence-electron chi connectivity index (χ1n) is 9.89. The number of hydrogen-bond donors (Lipinski definition) is 1. The number of aryl methyl sites for hydroxylation is 2. The molecule has 9 heteroatoms. The molecule has 2 atom stereocenters. The molecule has 2 aromatic rings. The first kappa shape index (κ1) is 22.2. The molecule has 1 N–H and O–H groups in total. The number of hydrogen-bond acceptors (Lipinski definition) is 7. The van der Waals surface area contributed by atoms with E-state index in [4.69, 9.17) is 9.47 Å². The van der Waals surface area contributed by atoms with E-state index in [-0.39, 0.29) is 16.9 Å². The van der Waals surface area contributed by atoms with Crippen LogP contribution in [0, 0.1) is 13.8 Å². The van der Waals surface area contributed by atoms with Crippen molar-refractivity contribution in [3.05, 3.63) is 47.5 Å². The first-order chi connectivity index (χ1) is 14.3. The normalized spacial score (nSPS) is 19.3. The van der Waals surface area contributed by atoms with Crippen LogP contribution in [0.1, 0.15) is 41.1 Å². The third-order valence-corrected chi connectivity index (χ3v) is 7.48. The van der Waals surface area contributed by atoms with Crippen molar-refractivity contribution >= 4 is 15.7 Å². The van der Waals surface area contributed by atoms with Crippen LogP contribution in [0.25, 0.3) is 0 Å². The van der Waals surface area contributed by atoms with Gasteiger partial charge in [-0.1, -0.05) is 0 Å². The van der Waals surface area contributed by atoms with Gasteiger partial charge in [0, 0.05) is 19.3 Å². The average molecular weight is 434 g/mol. The number of nitrogens with one attached hydrogen (secondary N) is 1. The van der Waals surface area contributed by atoms with Crippen molar-refractivity contribution in [2.75, 3.05) is 20.3 Å². The quantitative estimate of drug-likeness (QED) is 0.713. The van der Waals surface area contributed by atoms with E-state index >= 15 is 0 Å². The molecule has 1 saturated heterocycles. The van der Waals surface area contributed by atoms with E-state index in [1.807, 2.05) is 0 Å². The molecule has 2 heterocycles. The first-order valence-corrected chi connectivity index (χ1v) is 11.4. The maximum absolute atomic E-state index is 13.0. The Morgan fingerprint density at radius 2 is 2.00 bits per heavy atom. The number of amides is 1. The van der Waals surface area contributed by atoms with Crippen molar-refractivity contribution in [2.45, 2.75) is 49.4 Å². The Morgan fingerprint density at radius 1 is 1.27 bits per heavy atom. The van der Waals surface area contributed by atoms with Gasteiger partial charge in [0.05, 0.1) is 34.6 Å². The summed E-state index contributed by atoms with van der Waals surface area (Å²) in [6.45, 7) is 4.30. The Morgan fingerprint density at radius 3 is 2.67 bits per heavy atom. The summed E-state index contributed by atoms with van der Waals surface area (Å²) in [6.07, 6.45) is 2.68. The van der Waals surface area contributed by atoms with Gasteiger partial charge in [-0.2, -0.15) is 0 Å². The van der Waals surface area contributed by atoms with E-state index in [2.05, 4.69) is 15.3 Å². The molecule has 0 aliphatic carbocycles. The van der Waals surface area contributed by atoms with Gasteiger partial charge in [0.1, 0.15) is 11.6 Å². The van der Waals surface area contributed by atoms with Gasteiger partial charge >= 0.3 is 0 Å². The minimum Gasteiger partial charge on any atom is -0.497 e. The SMILES string of the molecule is COc1ccc(S(=O)(=O)[C@H]2CCO[C@H](CCNC(=O)c3cnc(C)nc3C)C2)cc1. The highest BCUT2D eigenvalue weighted by atomic mass is 32.2. The summed E-state index contributed by atoms with van der Waals surface area (Å²) in [4.78, 5) is 20.9. The predicted molar refractivity (Wildman–Crippen MR) is 111 cm³/mol. The summed E-state index contributed by atoms with van der Waals surface area (Å²) in [5, 5.41) is 2.34. The summed E-state index contributed by atoms with van der Waals surface area (Å²) in [5.74, 6) is 0.984. The summed E-state index contributed by atoms with van der Waals surface area (Å²) in [5.41, 5.74) is 1.06. The summed E-state index contributed by atoms with van der Waals surface area (Å²) < 4.78 is 36.8. The number of rotatable bonds is 7. The van der Waals surface area contributed by atoms with Crippen molar-refractivity contribution in [1.29, 1.82) is 0 Å². The molecule has 1 aliphatic rings. The Kier molecular flexibility index (Phi) is 7.04. The van der Waals surface area contributed by atoms with Crippen molar-refractivity contribution in [2.24, 2.45) is 0 Å². The molecule has 1 aliphatic heterocycles. The number of aromatic nitrogens is 2. The van der Waals surface area contributed by atoms with E-state index in [1.165, 1.54) is 6.20 Å². The Bertz CT molecular complexity index is 992. The van der Waals surface area contributed by atoms with Crippen LogP contribution >= 0.6 is 0 Å². The van der Waals surface area contributed by atoms with Crippen LogP contribution in [0.4, 0.5) is 0 Å². The van der Waals surface area contributed by atoms with Crippen LogP contribution in [0.3, 0.4) is 0 Å². The Hall–Kier alpha value is -2.52. The number of carbonyl (C=O) groups is 1. The predicted octanol–water partition coefficient (Wildman–Crippen LogP) is 2.24. The molecule has 1 aromatic heterocycles. The van der Waals surface area contributed by atoms with E-state index in [1.54, 1.807) is 45.2 Å². The van der Waals surface area contributed by atoms with Crippen LogP contribution < -0.4 is 10.1 Å². The number of carbonyl (C=O) groups excluding carboxylic acids is 1. The molecule has 0 saturated carbocycles. The van der Waals surface area contributed by atoms with Gasteiger partial charge in [0.2, 0.25) is 0 Å². The van der Waals surface area contributed by atoms with Crippen molar-refractivity contribution in [3.63, 3.8) is 0 Å². The zero-order valence-corrected chi connectivity index (χ0v) is 18.2. The molecule has 1 aromatic carbocycles. The second-order valence-corrected chi connectivity index (χ2v) is 9.55. The fourth-order valence-electron chi connectivity index (χ4n) is 3.53. The summed E-state index contributed by atoms with van der Waals surface area (Å²) >= 11 is 0. The van der Waals surface area contributed by atoms with Crippen molar-refractivity contribution in [3.8, 4) is 5.75 Å². The lowest BCUT2D eigenvalue weighted by Gasteiger charge is -2.29. The standard InChI is InChI=1S/C21H27N3O5S/c1-14-20(13-23-15(2)24-14)21(25)22-10-8-17-12-19(9-11-29-17)30(26,27)18-6-4-16(28-3)5-7-18/h4-7,13,17,19H,8-12H2,1-3H3,(H,22,25)/t17-,19+/m1/s1. The molecule has 0 bridgehead atoms. The second-order valence-electron chi connectivity index (χ2n) is 7.32. The number of sulfone groups is 1. The molecule has 162 valence electrons. The van der Waals surface area contributed by atoms with Crippen LogP contribution in [0.2, 0.25) is 0 Å². The third kappa shape index (κ3) is 5.14. The second kappa shape index (κ2) is 9.53. The lowest BCUT2D eigenvalue weighted by molar-refractivity contribution is 0.0132. The van der Waals surface area contributed by atoms with Gasteiger partial charge in [-0.15, -0.1) is 0 Å². The Labute approximate surface area is 177 Å². The fraction of sp³-hybridized carbons (Fsp3) is 0.476. The molecule has 1 fully saturated rings. The van der Waals surface area contributed by atoms with Gasteiger partial charge in [0.25, 0.3) is 5.91 Å². The number of benzene rings is 1. The highest BCUT2D eigenvalue weighted by Crippen LogP contribution is 2.28. The minimum atomic E-state index is -3.45. The van der Waals surface area contributed by atoms with Gasteiger partial charge < -0.3 is 14.8 Å². The molecule has 8 nitrogen and oxygen atoms in total. The third-order valence-electron chi connectivity index (χ3n) is 5.24. The lowest BCUT2D eigenvalue weighted by Crippen LogP contribution is -2.37. The molecule has 1 amide bonds. The highest BCUT2D eigenvalue weighted by molar-refractivity contribution is 7.92. The van der Waals surface area contributed by atoms with Gasteiger partial charge in [0.15, 0.2) is 9.84 Å². The lowest BCUT2D eigenvalue weighted by atomic mass is 10.1. The summed E-state index contributed by atoms with van der Waals surface area (Å²) in [6, 6.07) is 6.45. The van der Waals surface area contributed by atoms with E-state index in [0.717, 1.165) is 0 Å².